The molecule has 0 fully saturated rings. The molecule has 0 unspecified atom stereocenters. The molecule has 0 aromatic heterocycles. The van der Waals surface area contributed by atoms with Gasteiger partial charge in [-0.3, -0.25) is 5.43 Å². The Morgan fingerprint density at radius 3 is 2.58 bits per heavy atom. The van der Waals surface area contributed by atoms with Crippen LogP contribution in [0.15, 0.2) is 35.4 Å². The van der Waals surface area contributed by atoms with Crippen LogP contribution >= 0.6 is 12.2 Å². The fourth-order valence-corrected chi connectivity index (χ4v) is 1.57. The summed E-state index contributed by atoms with van der Waals surface area (Å²) >= 11 is 4.97. The molecular weight excluding hydrogens is 256 g/mol. The summed E-state index contributed by atoms with van der Waals surface area (Å²) in [5, 5.41) is 7.46. The Bertz CT molecular complexity index is 449. The molecule has 0 aliphatic carbocycles. The fraction of sp³-hybridized carbons (Fsp3) is 0.286. The number of allylic oxidation sites excluding steroid dienone is 1. The van der Waals surface area contributed by atoms with Gasteiger partial charge in [0.05, 0.1) is 0 Å². The molecule has 2 N–H and O–H groups in total. The Morgan fingerprint density at radius 1 is 1.32 bits per heavy atom. The fourth-order valence-electron chi connectivity index (χ4n) is 1.38. The van der Waals surface area contributed by atoms with E-state index in [0.29, 0.717) is 5.11 Å². The lowest BCUT2D eigenvalue weighted by Crippen LogP contribution is -2.31. The Morgan fingerprint density at radius 2 is 2.00 bits per heavy atom. The number of rotatable bonds is 5. The summed E-state index contributed by atoms with van der Waals surface area (Å²) in [5.41, 5.74) is 5.04. The van der Waals surface area contributed by atoms with Gasteiger partial charge in [0.25, 0.3) is 0 Å². The van der Waals surface area contributed by atoms with Gasteiger partial charge < -0.3 is 10.2 Å². The number of benzene rings is 1. The molecule has 0 aliphatic rings. The van der Waals surface area contributed by atoms with Crippen molar-refractivity contribution in [3.05, 3.63) is 35.9 Å². The molecule has 0 saturated heterocycles. The van der Waals surface area contributed by atoms with Gasteiger partial charge in [0, 0.05) is 32.5 Å². The van der Waals surface area contributed by atoms with Gasteiger partial charge in [0.1, 0.15) is 0 Å². The largest absolute Gasteiger partial charge is 0.378 e. The number of hydrogen-bond acceptors (Lipinski definition) is 3. The zero-order chi connectivity index (χ0) is 14.1. The van der Waals surface area contributed by atoms with Crippen LogP contribution in [0.25, 0.3) is 6.08 Å². The van der Waals surface area contributed by atoms with Crippen molar-refractivity contribution in [3.8, 4) is 0 Å². The van der Waals surface area contributed by atoms with E-state index in [1.165, 1.54) is 5.69 Å². The highest BCUT2D eigenvalue weighted by Crippen LogP contribution is 2.12. The molecule has 0 spiro atoms. The monoisotopic (exact) mass is 276 g/mol. The van der Waals surface area contributed by atoms with Crippen LogP contribution in [0.4, 0.5) is 5.69 Å². The van der Waals surface area contributed by atoms with Gasteiger partial charge in [-0.15, -0.1) is 0 Å². The normalized spacial score (nSPS) is 10.9. The first-order valence-electron chi connectivity index (χ1n) is 6.14. The van der Waals surface area contributed by atoms with Crippen LogP contribution in [0, 0.1) is 0 Å². The number of hydrogen-bond donors (Lipinski definition) is 2. The molecule has 0 aliphatic heterocycles. The van der Waals surface area contributed by atoms with Gasteiger partial charge in [0.2, 0.25) is 0 Å². The van der Waals surface area contributed by atoms with E-state index in [1.807, 2.05) is 33.2 Å². The summed E-state index contributed by atoms with van der Waals surface area (Å²) in [6.07, 6.45) is 5.52. The predicted octanol–water partition coefficient (Wildman–Crippen LogP) is 2.24. The molecule has 0 radical (unpaired) electrons. The van der Waals surface area contributed by atoms with Crippen molar-refractivity contribution < 1.29 is 0 Å². The van der Waals surface area contributed by atoms with E-state index >= 15 is 0 Å². The van der Waals surface area contributed by atoms with Gasteiger partial charge in [0.15, 0.2) is 5.11 Å². The Hall–Kier alpha value is -1.88. The van der Waals surface area contributed by atoms with E-state index in [0.717, 1.165) is 12.1 Å². The van der Waals surface area contributed by atoms with Crippen molar-refractivity contribution in [1.82, 2.24) is 10.7 Å². The zero-order valence-electron chi connectivity index (χ0n) is 11.6. The SMILES string of the molecule is CCNC(=S)NN=CC=Cc1ccc(N(C)C)cc1. The van der Waals surface area contributed by atoms with Crippen molar-refractivity contribution in [1.29, 1.82) is 0 Å². The van der Waals surface area contributed by atoms with E-state index in [9.17, 15) is 0 Å². The summed E-state index contributed by atoms with van der Waals surface area (Å²) in [5.74, 6) is 0. The van der Waals surface area contributed by atoms with E-state index in [-0.39, 0.29) is 0 Å². The second-order valence-corrected chi connectivity index (χ2v) is 4.50. The number of anilines is 1. The van der Waals surface area contributed by atoms with Crippen LogP contribution in [0.1, 0.15) is 12.5 Å². The first-order valence-corrected chi connectivity index (χ1v) is 6.55. The van der Waals surface area contributed by atoms with Gasteiger partial charge in [-0.1, -0.05) is 18.2 Å². The van der Waals surface area contributed by atoms with Crippen LogP contribution in [0.2, 0.25) is 0 Å². The average molecular weight is 276 g/mol. The quantitative estimate of drug-likeness (QED) is 0.491. The third-order valence-electron chi connectivity index (χ3n) is 2.36. The number of hydrazone groups is 1. The molecule has 0 saturated carbocycles. The minimum atomic E-state index is 0.530. The van der Waals surface area contributed by atoms with Crippen LogP contribution in [0.3, 0.4) is 0 Å². The van der Waals surface area contributed by atoms with Gasteiger partial charge in [-0.25, -0.2) is 0 Å². The molecule has 19 heavy (non-hydrogen) atoms. The van der Waals surface area contributed by atoms with E-state index in [4.69, 9.17) is 12.2 Å². The minimum Gasteiger partial charge on any atom is -0.378 e. The lowest BCUT2D eigenvalue weighted by Gasteiger charge is -2.11. The lowest BCUT2D eigenvalue weighted by molar-refractivity contribution is 0.904. The molecule has 0 atom stereocenters. The maximum absolute atomic E-state index is 4.97. The summed E-state index contributed by atoms with van der Waals surface area (Å²) in [6.45, 7) is 2.77. The molecule has 1 rings (SSSR count). The third-order valence-corrected chi connectivity index (χ3v) is 2.60. The van der Waals surface area contributed by atoms with Crippen molar-refractivity contribution in [2.24, 2.45) is 5.10 Å². The highest BCUT2D eigenvalue weighted by molar-refractivity contribution is 7.80. The highest BCUT2D eigenvalue weighted by atomic mass is 32.1. The molecule has 1 aromatic carbocycles. The zero-order valence-corrected chi connectivity index (χ0v) is 12.4. The highest BCUT2D eigenvalue weighted by Gasteiger charge is 1.92. The molecule has 5 heteroatoms. The number of nitrogens with one attached hydrogen (secondary N) is 2. The maximum atomic E-state index is 4.97. The Balaban J connectivity index is 2.44. The molecule has 0 bridgehead atoms. The molecule has 0 amide bonds. The topological polar surface area (TPSA) is 39.7 Å². The summed E-state index contributed by atoms with van der Waals surface area (Å²) in [6, 6.07) is 8.29. The smallest absolute Gasteiger partial charge is 0.186 e. The second kappa shape index (κ2) is 8.26. The summed E-state index contributed by atoms with van der Waals surface area (Å²) in [4.78, 5) is 2.07. The maximum Gasteiger partial charge on any atom is 0.186 e. The van der Waals surface area contributed by atoms with Crippen molar-refractivity contribution >= 4 is 35.3 Å². The van der Waals surface area contributed by atoms with Crippen LogP contribution < -0.4 is 15.6 Å². The number of nitrogens with zero attached hydrogens (tertiary/aromatic N) is 2. The Kier molecular flexibility index (Phi) is 6.60. The molecule has 102 valence electrons. The molecule has 4 nitrogen and oxygen atoms in total. The average Bonchev–Trinajstić information content (AvgIpc) is 2.39. The standard InChI is InChI=1S/C14H20N4S/c1-4-15-14(19)17-16-11-5-6-12-7-9-13(10-8-12)18(2)3/h5-11H,4H2,1-3H3,(H2,15,17,19). The molecule has 1 aromatic rings. The van der Waals surface area contributed by atoms with Crippen LogP contribution in [0.5, 0.6) is 0 Å². The minimum absolute atomic E-state index is 0.530. The predicted molar refractivity (Wildman–Crippen MR) is 87.7 cm³/mol. The summed E-state index contributed by atoms with van der Waals surface area (Å²) in [7, 11) is 4.05. The van der Waals surface area contributed by atoms with Crippen LogP contribution in [-0.2, 0) is 0 Å². The lowest BCUT2D eigenvalue weighted by atomic mass is 10.2. The third kappa shape index (κ3) is 6.01. The second-order valence-electron chi connectivity index (χ2n) is 4.09. The van der Waals surface area contributed by atoms with Gasteiger partial charge >= 0.3 is 0 Å². The molecular formula is C14H20N4S. The summed E-state index contributed by atoms with van der Waals surface area (Å²) < 4.78 is 0. The van der Waals surface area contributed by atoms with Crippen LogP contribution in [-0.4, -0.2) is 32.0 Å². The van der Waals surface area contributed by atoms with Crippen molar-refractivity contribution in [2.75, 3.05) is 25.5 Å². The van der Waals surface area contributed by atoms with E-state index in [1.54, 1.807) is 6.21 Å². The van der Waals surface area contributed by atoms with E-state index < -0.39 is 0 Å². The first kappa shape index (κ1) is 15.2. The Labute approximate surface area is 120 Å². The first-order chi connectivity index (χ1) is 9.13. The van der Waals surface area contributed by atoms with Crippen molar-refractivity contribution in [2.45, 2.75) is 6.92 Å². The number of thiocarbonyl (C=S) groups is 1. The molecule has 0 heterocycles. The van der Waals surface area contributed by atoms with Gasteiger partial charge in [-0.2, -0.15) is 5.10 Å². The van der Waals surface area contributed by atoms with Crippen molar-refractivity contribution in [3.63, 3.8) is 0 Å². The van der Waals surface area contributed by atoms with Gasteiger partial charge in [-0.05, 0) is 42.9 Å². The van der Waals surface area contributed by atoms with E-state index in [2.05, 4.69) is 45.0 Å².